The molecule has 2 nitrogen and oxygen atoms in total. The molecule has 0 atom stereocenters. The Balaban J connectivity index is 2.07. The van der Waals surface area contributed by atoms with Gasteiger partial charge in [-0.2, -0.15) is 0 Å². The van der Waals surface area contributed by atoms with E-state index < -0.39 is 17.0 Å². The number of hydrogen-bond donors (Lipinski definition) is 0. The van der Waals surface area contributed by atoms with Gasteiger partial charge in [-0.3, -0.25) is 4.79 Å². The van der Waals surface area contributed by atoms with Crippen molar-refractivity contribution in [2.45, 2.75) is 25.8 Å². The molecule has 0 radical (unpaired) electrons. The van der Waals surface area contributed by atoms with E-state index in [-0.39, 0.29) is 23.5 Å². The zero-order valence-corrected chi connectivity index (χ0v) is 13.4. The molecule has 2 aromatic rings. The fourth-order valence-corrected chi connectivity index (χ4v) is 3.76. The van der Waals surface area contributed by atoms with E-state index in [9.17, 15) is 13.6 Å². The molecule has 2 aromatic carbocycles. The first kappa shape index (κ1) is 14.5. The van der Waals surface area contributed by atoms with E-state index in [0.717, 1.165) is 17.3 Å². The smallest absolute Gasteiger partial charge is 0.195 e. The monoisotopic (exact) mass is 329 g/mol. The number of nitrogens with zero attached hydrogens (tertiary/aromatic N) is 1. The molecule has 23 heavy (non-hydrogen) atoms. The van der Waals surface area contributed by atoms with Crippen LogP contribution in [0.5, 0.6) is 0 Å². The van der Waals surface area contributed by atoms with Crippen molar-refractivity contribution >= 4 is 28.7 Å². The largest absolute Gasteiger partial charge is 0.330 e. The van der Waals surface area contributed by atoms with Gasteiger partial charge in [-0.15, -0.1) is 0 Å². The van der Waals surface area contributed by atoms with E-state index in [1.807, 2.05) is 26.0 Å². The molecule has 2 heterocycles. The minimum atomic E-state index is -0.974. The summed E-state index contributed by atoms with van der Waals surface area (Å²) in [6.07, 6.45) is 0. The summed E-state index contributed by atoms with van der Waals surface area (Å²) in [6.45, 7) is 4.02. The van der Waals surface area contributed by atoms with Gasteiger partial charge in [-0.25, -0.2) is 8.78 Å². The van der Waals surface area contributed by atoms with Gasteiger partial charge in [0.15, 0.2) is 17.4 Å². The Morgan fingerprint density at radius 1 is 1.13 bits per heavy atom. The predicted octanol–water partition coefficient (Wildman–Crippen LogP) is 4.13. The van der Waals surface area contributed by atoms with Crippen LogP contribution in [0.1, 0.15) is 40.9 Å². The van der Waals surface area contributed by atoms with Crippen LogP contribution >= 0.6 is 12.2 Å². The summed E-state index contributed by atoms with van der Waals surface area (Å²) in [4.78, 5) is 15.3. The third-order valence-corrected chi connectivity index (χ3v) is 5.49. The molecular weight excluding hydrogens is 316 g/mol. The van der Waals surface area contributed by atoms with E-state index >= 15 is 0 Å². The van der Waals surface area contributed by atoms with Crippen LogP contribution in [0, 0.1) is 11.6 Å². The molecule has 0 amide bonds. The number of para-hydroxylation sites is 1. The average Bonchev–Trinajstić information content (AvgIpc) is 2.65. The number of benzene rings is 2. The summed E-state index contributed by atoms with van der Waals surface area (Å²) >= 11 is 5.58. The fraction of sp³-hybridized carbons (Fsp3) is 0.222. The van der Waals surface area contributed by atoms with E-state index in [0.29, 0.717) is 10.6 Å². The first-order valence-electron chi connectivity index (χ1n) is 7.31. The molecule has 4 rings (SSSR count). The highest BCUT2D eigenvalue weighted by atomic mass is 32.1. The van der Waals surface area contributed by atoms with Gasteiger partial charge >= 0.3 is 0 Å². The Bertz CT molecular complexity index is 904. The van der Waals surface area contributed by atoms with Gasteiger partial charge in [-0.1, -0.05) is 24.4 Å². The molecule has 2 aliphatic rings. The first-order valence-corrected chi connectivity index (χ1v) is 7.72. The summed E-state index contributed by atoms with van der Waals surface area (Å²) in [6, 6.07) is 7.82. The number of carbonyl (C=O) groups is 1. The van der Waals surface area contributed by atoms with Gasteiger partial charge in [0.2, 0.25) is 0 Å². The first-order chi connectivity index (χ1) is 10.8. The molecule has 0 fully saturated rings. The summed E-state index contributed by atoms with van der Waals surface area (Å²) in [5.41, 5.74) is 2.00. The molecule has 0 bridgehead atoms. The van der Waals surface area contributed by atoms with Gasteiger partial charge < -0.3 is 4.90 Å². The van der Waals surface area contributed by atoms with E-state index in [2.05, 4.69) is 0 Å². The van der Waals surface area contributed by atoms with Crippen molar-refractivity contribution in [2.24, 2.45) is 0 Å². The van der Waals surface area contributed by atoms with Crippen molar-refractivity contribution in [1.82, 2.24) is 0 Å². The highest BCUT2D eigenvalue weighted by Crippen LogP contribution is 2.47. The zero-order chi connectivity index (χ0) is 16.5. The van der Waals surface area contributed by atoms with Gasteiger partial charge in [-0.05, 0) is 37.6 Å². The highest BCUT2D eigenvalue weighted by molar-refractivity contribution is 7.80. The van der Waals surface area contributed by atoms with Crippen molar-refractivity contribution in [2.75, 3.05) is 4.90 Å². The fourth-order valence-electron chi connectivity index (χ4n) is 3.49. The van der Waals surface area contributed by atoms with Crippen LogP contribution in [-0.4, -0.2) is 10.8 Å². The summed E-state index contributed by atoms with van der Waals surface area (Å²) in [5.74, 6) is -2.22. The second-order valence-corrected chi connectivity index (χ2v) is 6.82. The van der Waals surface area contributed by atoms with Crippen molar-refractivity contribution in [1.29, 1.82) is 0 Å². The Kier molecular flexibility index (Phi) is 2.79. The number of rotatable bonds is 0. The Morgan fingerprint density at radius 3 is 2.61 bits per heavy atom. The molecule has 116 valence electrons. The molecule has 0 unspecified atom stereocenters. The normalized spacial score (nSPS) is 17.8. The number of hydrogen-bond acceptors (Lipinski definition) is 2. The molecule has 0 saturated carbocycles. The maximum absolute atomic E-state index is 14.3. The summed E-state index contributed by atoms with van der Waals surface area (Å²) < 4.78 is 28.0. The summed E-state index contributed by atoms with van der Waals surface area (Å²) in [7, 11) is 0. The molecule has 0 saturated heterocycles. The number of fused-ring (bicyclic) bond motifs is 1. The number of carbonyl (C=O) groups excluding carboxylic acids is 1. The average molecular weight is 329 g/mol. The van der Waals surface area contributed by atoms with Gasteiger partial charge in [0, 0.05) is 22.1 Å². The summed E-state index contributed by atoms with van der Waals surface area (Å²) in [5, 5.41) is 0. The minimum absolute atomic E-state index is 0.0664. The van der Waals surface area contributed by atoms with Crippen LogP contribution in [0.15, 0.2) is 30.3 Å². The number of thiocarbonyl (C=S) groups is 1. The third-order valence-electron chi connectivity index (χ3n) is 4.76. The lowest BCUT2D eigenvalue weighted by Crippen LogP contribution is -2.34. The Morgan fingerprint density at radius 2 is 1.87 bits per heavy atom. The predicted molar refractivity (Wildman–Crippen MR) is 88.0 cm³/mol. The van der Waals surface area contributed by atoms with Gasteiger partial charge in [0.25, 0.3) is 0 Å². The maximum atomic E-state index is 14.3. The van der Waals surface area contributed by atoms with E-state index in [4.69, 9.17) is 12.2 Å². The lowest BCUT2D eigenvalue weighted by molar-refractivity contribution is 0.103. The van der Waals surface area contributed by atoms with Crippen molar-refractivity contribution in [3.05, 3.63) is 64.2 Å². The minimum Gasteiger partial charge on any atom is -0.330 e. The van der Waals surface area contributed by atoms with Gasteiger partial charge in [0.1, 0.15) is 0 Å². The van der Waals surface area contributed by atoms with Crippen LogP contribution < -0.4 is 4.90 Å². The quantitative estimate of drug-likeness (QED) is 0.678. The molecule has 0 aromatic heterocycles. The van der Waals surface area contributed by atoms with E-state index in [1.165, 1.54) is 6.07 Å². The number of ketones is 1. The number of anilines is 1. The molecule has 0 aliphatic carbocycles. The SMILES string of the molecule is CC1(C)C(=S)N2Cc3c(ccc(F)c3F)C(=O)c3cccc1c32. The Hall–Kier alpha value is -2.14. The van der Waals surface area contributed by atoms with Crippen LogP contribution in [0.4, 0.5) is 14.5 Å². The van der Waals surface area contributed by atoms with Crippen molar-refractivity contribution in [3.63, 3.8) is 0 Å². The molecule has 0 spiro atoms. The maximum Gasteiger partial charge on any atom is 0.195 e. The molecule has 0 N–H and O–H groups in total. The molecule has 5 heteroatoms. The lowest BCUT2D eigenvalue weighted by Gasteiger charge is -2.24. The van der Waals surface area contributed by atoms with Gasteiger partial charge in [0.05, 0.1) is 17.2 Å². The van der Waals surface area contributed by atoms with Crippen molar-refractivity contribution < 1.29 is 13.6 Å². The lowest BCUT2D eigenvalue weighted by atomic mass is 9.85. The second-order valence-electron chi connectivity index (χ2n) is 6.43. The third kappa shape index (κ3) is 1.71. The molecule has 2 aliphatic heterocycles. The zero-order valence-electron chi connectivity index (χ0n) is 12.6. The standard InChI is InChI=1S/C18H13F2NOS/c1-18(2)12-5-3-4-10-15(12)21(17(18)23)8-11-9(16(10)22)6-7-13(19)14(11)20/h3-7H,8H2,1-2H3. The topological polar surface area (TPSA) is 20.3 Å². The number of halogens is 2. The van der Waals surface area contributed by atoms with E-state index in [1.54, 1.807) is 11.0 Å². The van der Waals surface area contributed by atoms with Crippen LogP contribution in [0.3, 0.4) is 0 Å². The van der Waals surface area contributed by atoms with Crippen LogP contribution in [-0.2, 0) is 12.0 Å². The Labute approximate surface area is 137 Å². The van der Waals surface area contributed by atoms with Crippen LogP contribution in [0.25, 0.3) is 0 Å². The molecular formula is C18H13F2NOS. The second kappa shape index (κ2) is 4.45. The van der Waals surface area contributed by atoms with Crippen LogP contribution in [0.2, 0.25) is 0 Å². The van der Waals surface area contributed by atoms with Crippen molar-refractivity contribution in [3.8, 4) is 0 Å². The highest BCUT2D eigenvalue weighted by Gasteiger charge is 2.44.